The van der Waals surface area contributed by atoms with E-state index in [9.17, 15) is 0 Å². The fourth-order valence-corrected chi connectivity index (χ4v) is 21.0. The molecule has 442 valence electrons. The van der Waals surface area contributed by atoms with Gasteiger partial charge in [0.1, 0.15) is 0 Å². The molecule has 0 radical (unpaired) electrons. The van der Waals surface area contributed by atoms with Gasteiger partial charge in [-0.3, -0.25) is 0 Å². The number of aromatic nitrogens is 1. The van der Waals surface area contributed by atoms with E-state index in [0.29, 0.717) is 29.6 Å². The molecule has 0 N–H and O–H groups in total. The minimum Gasteiger partial charge on any atom is -0.354 e. The number of hydrogen-bond donors (Lipinski definition) is 0. The monoisotopic (exact) mass is 1180 g/mol. The van der Waals surface area contributed by atoms with Crippen LogP contribution in [0.25, 0.3) is 71.8 Å². The van der Waals surface area contributed by atoms with E-state index in [-0.39, 0.29) is 16.5 Å². The lowest BCUT2D eigenvalue weighted by Gasteiger charge is -2.43. The van der Waals surface area contributed by atoms with Gasteiger partial charge in [0.05, 0.1) is 28.0 Å². The van der Waals surface area contributed by atoms with Gasteiger partial charge in [0.15, 0.2) is 0 Å². The van der Waals surface area contributed by atoms with Crippen molar-refractivity contribution in [1.82, 2.24) is 4.57 Å². The lowest BCUT2D eigenvalue weighted by Crippen LogP contribution is -2.51. The van der Waals surface area contributed by atoms with E-state index in [1.807, 2.05) is 5.57 Å². The molecule has 3 nitrogen and oxygen atoms in total. The maximum Gasteiger partial charge on any atom is 0.0666 e. The van der Waals surface area contributed by atoms with Gasteiger partial charge in [0, 0.05) is 62.3 Å². The zero-order chi connectivity index (χ0) is 60.3. The number of fused-ring (bicyclic) bond motifs is 20. The highest BCUT2D eigenvalue weighted by Gasteiger charge is 2.89. The van der Waals surface area contributed by atoms with Crippen LogP contribution >= 0.6 is 0 Å². The first-order valence-corrected chi connectivity index (χ1v) is 34.6. The Balaban J connectivity index is 0.000000194. The predicted octanol–water partition coefficient (Wildman–Crippen LogP) is 20.9. The Bertz CT molecular complexity index is 5350. The summed E-state index contributed by atoms with van der Waals surface area (Å²) in [5.41, 5.74) is 29.3. The zero-order valence-corrected chi connectivity index (χ0v) is 52.3. The molecular weight excluding hydrogens is 1110 g/mol. The second-order valence-corrected chi connectivity index (χ2v) is 29.8. The smallest absolute Gasteiger partial charge is 0.0666 e. The van der Waals surface area contributed by atoms with Crippen molar-refractivity contribution in [3.8, 4) is 11.3 Å². The lowest BCUT2D eigenvalue weighted by molar-refractivity contribution is 0.418. The van der Waals surface area contributed by atoms with Crippen LogP contribution in [0, 0.1) is 61.2 Å². The van der Waals surface area contributed by atoms with Crippen molar-refractivity contribution < 1.29 is 0 Å². The van der Waals surface area contributed by atoms with Gasteiger partial charge in [-0.2, -0.15) is 0 Å². The number of anilines is 2. The fraction of sp³-hybridized carbons (Fsp3) is 0.236. The van der Waals surface area contributed by atoms with Crippen molar-refractivity contribution in [3.05, 3.63) is 316 Å². The summed E-state index contributed by atoms with van der Waals surface area (Å²) in [7, 11) is 0. The molecule has 6 saturated carbocycles. The van der Waals surface area contributed by atoms with E-state index >= 15 is 0 Å². The first-order chi connectivity index (χ1) is 45.3. The summed E-state index contributed by atoms with van der Waals surface area (Å²) in [5, 5.41) is 9.58. The second-order valence-electron chi connectivity index (χ2n) is 29.8. The van der Waals surface area contributed by atoms with E-state index in [0.717, 1.165) is 36.5 Å². The molecule has 23 rings (SSSR count). The first-order valence-electron chi connectivity index (χ1n) is 34.6. The van der Waals surface area contributed by atoms with Crippen LogP contribution in [0.4, 0.5) is 11.4 Å². The largest absolute Gasteiger partial charge is 0.354 e. The molecule has 9 aromatic carbocycles. The van der Waals surface area contributed by atoms with Gasteiger partial charge in [-0.15, -0.1) is 0 Å². The summed E-state index contributed by atoms with van der Waals surface area (Å²) in [4.78, 5) is 5.79. The first kappa shape index (κ1) is 51.2. The maximum atomic E-state index is 4.14. The fourth-order valence-electron chi connectivity index (χ4n) is 21.0. The molecule has 13 aliphatic rings. The Morgan fingerprint density at radius 3 is 2.20 bits per heavy atom. The maximum absolute atomic E-state index is 4.14. The number of hydrogen-bond acceptors (Lipinski definition) is 2. The highest BCUT2D eigenvalue weighted by atomic mass is 15.4. The molecule has 6 fully saturated rings. The predicted molar refractivity (Wildman–Crippen MR) is 380 cm³/mol. The van der Waals surface area contributed by atoms with Crippen molar-refractivity contribution in [2.24, 2.45) is 47.3 Å². The molecule has 2 heterocycles. The Labute approximate surface area is 538 Å². The summed E-state index contributed by atoms with van der Waals surface area (Å²) < 4.78 is 2.69. The van der Waals surface area contributed by atoms with Gasteiger partial charge in [-0.05, 0) is 213 Å². The minimum atomic E-state index is 0.00398. The van der Waals surface area contributed by atoms with Gasteiger partial charge in [0.2, 0.25) is 0 Å². The second kappa shape index (κ2) is 17.8. The van der Waals surface area contributed by atoms with E-state index < -0.39 is 0 Å². The van der Waals surface area contributed by atoms with Crippen LogP contribution in [0.3, 0.4) is 0 Å². The van der Waals surface area contributed by atoms with E-state index in [4.69, 9.17) is 0 Å². The summed E-state index contributed by atoms with van der Waals surface area (Å²) in [5.74, 6) is 5.93. The molecule has 0 amide bonds. The Hall–Kier alpha value is -9.44. The van der Waals surface area contributed by atoms with Gasteiger partial charge in [-0.25, -0.2) is 0 Å². The van der Waals surface area contributed by atoms with Gasteiger partial charge in [-0.1, -0.05) is 224 Å². The van der Waals surface area contributed by atoms with Crippen molar-refractivity contribution in [3.63, 3.8) is 0 Å². The Kier molecular flexibility index (Phi) is 9.89. The molecule has 3 heteroatoms. The van der Waals surface area contributed by atoms with Gasteiger partial charge >= 0.3 is 0 Å². The lowest BCUT2D eigenvalue weighted by atomic mass is 9.73. The van der Waals surface area contributed by atoms with Crippen LogP contribution in [-0.2, 0) is 11.8 Å². The van der Waals surface area contributed by atoms with Crippen LogP contribution in [0.5, 0.6) is 0 Å². The summed E-state index contributed by atoms with van der Waals surface area (Å²) >= 11 is 0. The van der Waals surface area contributed by atoms with Crippen LogP contribution in [-0.4, -0.2) is 15.6 Å². The molecule has 0 spiro atoms. The normalized spacial score (nSPS) is 30.4. The standard InChI is InChI=1S/C65H51N3.C24H20/c1-37-17-22-43(23-18-37)66(56-27-28-57(51-33-50(51)56)67-58-26-21-39-10-2-5-13-45(39)60(58)48-16-8-12-38-9-3-6-14-46(38)61(48)67)44-29-30-63(35-42(63)32-44)68-62-47-15-7-4-11-40(47)19-25-54(62)64-36-65(64,68)55-34-52(55)59-49-31-41(49)20-24-53(59)64;1-3-17-22-14-23(22)20-10-6-7-11-21(20)24(17)19-13-12-16-8-4-5-9-18(16)15(19)2/h2-15,17-30,32,41-42,49-52,55H,16,31,33-36H2,1H3;3-13,22-23H,1,14H2,2H3. The van der Waals surface area contributed by atoms with Crippen molar-refractivity contribution in [2.45, 2.75) is 81.2 Å². The van der Waals surface area contributed by atoms with E-state index in [1.54, 1.807) is 16.8 Å². The average molecular weight is 1180 g/mol. The van der Waals surface area contributed by atoms with Crippen LogP contribution in [0.2, 0.25) is 0 Å². The SMILES string of the molecule is C=CC1=C(c2ccc3ccccc3c2C)c2ccccc2C2CC12.Cc1ccc(N(C2=CC3CC3(N3c4c(ccc5ccccc45)C45CC34C3CC3C3=C5C=CC4CC34)C=C2)C2=CC=C(n3c4c(c5c6ccccc6ccc53)CC=Cc3ccccc3-4)C3CC23)cc1. The van der Waals surface area contributed by atoms with Crippen molar-refractivity contribution >= 4 is 71.9 Å². The molecule has 1 aromatic heterocycles. The number of benzene rings is 9. The van der Waals surface area contributed by atoms with Gasteiger partial charge < -0.3 is 14.4 Å². The molecule has 10 aromatic rings. The Morgan fingerprint density at radius 1 is 0.609 bits per heavy atom. The van der Waals surface area contributed by atoms with Gasteiger partial charge in [0.25, 0.3) is 0 Å². The van der Waals surface area contributed by atoms with Crippen LogP contribution < -0.4 is 9.80 Å². The number of allylic oxidation sites excluding steroid dienone is 11. The topological polar surface area (TPSA) is 11.4 Å². The summed E-state index contributed by atoms with van der Waals surface area (Å²) in [6.45, 7) is 8.62. The third-order valence-electron chi connectivity index (χ3n) is 25.4. The molecule has 12 atom stereocenters. The Morgan fingerprint density at radius 2 is 1.35 bits per heavy atom. The minimum absolute atomic E-state index is 0.00398. The summed E-state index contributed by atoms with van der Waals surface area (Å²) in [6, 6.07) is 68.7. The van der Waals surface area contributed by atoms with E-state index in [1.165, 1.54) is 159 Å². The molecular formula is C89H71N3. The molecule has 0 bridgehead atoms. The van der Waals surface area contributed by atoms with Crippen LogP contribution in [0.1, 0.15) is 89.0 Å². The third kappa shape index (κ3) is 6.57. The van der Waals surface area contributed by atoms with Crippen LogP contribution in [0.15, 0.2) is 271 Å². The third-order valence-corrected chi connectivity index (χ3v) is 25.4. The van der Waals surface area contributed by atoms with Crippen molar-refractivity contribution in [1.29, 1.82) is 0 Å². The zero-order valence-electron chi connectivity index (χ0n) is 52.3. The quantitative estimate of drug-likeness (QED) is 0.158. The number of nitrogens with zero attached hydrogens (tertiary/aromatic N) is 3. The number of aryl methyl sites for hydroxylation is 2. The molecule has 0 saturated heterocycles. The van der Waals surface area contributed by atoms with Crippen molar-refractivity contribution in [2.75, 3.05) is 9.80 Å². The highest BCUT2D eigenvalue weighted by Crippen LogP contribution is 2.87. The number of rotatable bonds is 7. The molecule has 12 unspecified atom stereocenters. The highest BCUT2D eigenvalue weighted by molar-refractivity contribution is 6.13. The molecule has 12 aliphatic carbocycles. The average Bonchev–Trinajstić information content (AvgIpc) is 1.41. The summed E-state index contributed by atoms with van der Waals surface area (Å²) in [6.07, 6.45) is 33.7. The molecule has 92 heavy (non-hydrogen) atoms. The molecule has 1 aliphatic heterocycles. The van der Waals surface area contributed by atoms with E-state index in [2.05, 4.69) is 278 Å².